The van der Waals surface area contributed by atoms with Crippen molar-refractivity contribution in [2.24, 2.45) is 0 Å². The lowest BCUT2D eigenvalue weighted by atomic mass is 10.1. The number of nitrogens with zero attached hydrogens (tertiary/aromatic N) is 3. The molecule has 29 heavy (non-hydrogen) atoms. The zero-order valence-corrected chi connectivity index (χ0v) is 16.2. The molecule has 0 spiro atoms. The molecule has 0 aliphatic carbocycles. The van der Waals surface area contributed by atoms with Crippen LogP contribution in [0.15, 0.2) is 57.6 Å². The van der Waals surface area contributed by atoms with Crippen molar-refractivity contribution in [3.63, 3.8) is 0 Å². The second kappa shape index (κ2) is 7.20. The monoisotopic (exact) mass is 387 g/mol. The van der Waals surface area contributed by atoms with Gasteiger partial charge in [-0.05, 0) is 31.0 Å². The predicted octanol–water partition coefficient (Wildman–Crippen LogP) is 4.11. The Morgan fingerprint density at radius 3 is 2.86 bits per heavy atom. The molecule has 1 aliphatic rings. The van der Waals surface area contributed by atoms with E-state index in [-0.39, 0.29) is 5.91 Å². The maximum Gasteiger partial charge on any atom is 0.290 e. The summed E-state index contributed by atoms with van der Waals surface area (Å²) in [5.74, 6) is 1.92. The van der Waals surface area contributed by atoms with Gasteiger partial charge in [0, 0.05) is 42.7 Å². The minimum absolute atomic E-state index is 0.0933. The number of aryl methyl sites for hydroxylation is 3. The Balaban J connectivity index is 1.32. The number of furan rings is 1. The lowest BCUT2D eigenvalue weighted by Crippen LogP contribution is -2.35. The first-order chi connectivity index (χ1) is 14.2. The SMILES string of the molecule is Cc1c(C(=O)N2CCc3oc(CCc4cccnc4)nc3C2)oc2ccccc12. The van der Waals surface area contributed by atoms with E-state index < -0.39 is 0 Å². The average molecular weight is 387 g/mol. The molecule has 0 bridgehead atoms. The van der Waals surface area contributed by atoms with Gasteiger partial charge in [-0.25, -0.2) is 4.98 Å². The van der Waals surface area contributed by atoms with Gasteiger partial charge in [-0.1, -0.05) is 24.3 Å². The number of aromatic nitrogens is 2. The number of carbonyl (C=O) groups excluding carboxylic acids is 1. The molecular weight excluding hydrogens is 366 g/mol. The number of carbonyl (C=O) groups is 1. The zero-order chi connectivity index (χ0) is 19.8. The van der Waals surface area contributed by atoms with Crippen LogP contribution in [0.25, 0.3) is 11.0 Å². The number of hydrogen-bond donors (Lipinski definition) is 0. The van der Waals surface area contributed by atoms with Crippen molar-refractivity contribution in [2.75, 3.05) is 6.54 Å². The Morgan fingerprint density at radius 1 is 1.14 bits per heavy atom. The molecule has 4 aromatic rings. The second-order valence-corrected chi connectivity index (χ2v) is 7.37. The molecule has 1 aromatic carbocycles. The van der Waals surface area contributed by atoms with Gasteiger partial charge in [-0.2, -0.15) is 0 Å². The summed E-state index contributed by atoms with van der Waals surface area (Å²) in [6.07, 6.45) is 5.84. The lowest BCUT2D eigenvalue weighted by Gasteiger charge is -2.24. The number of hydrogen-bond acceptors (Lipinski definition) is 5. The summed E-state index contributed by atoms with van der Waals surface area (Å²) in [4.78, 5) is 23.7. The molecule has 1 aliphatic heterocycles. The van der Waals surface area contributed by atoms with Crippen LogP contribution in [0.4, 0.5) is 0 Å². The summed E-state index contributed by atoms with van der Waals surface area (Å²) >= 11 is 0. The molecular formula is C23H21N3O3. The molecule has 4 heterocycles. The second-order valence-electron chi connectivity index (χ2n) is 7.37. The van der Waals surface area contributed by atoms with Crippen LogP contribution >= 0.6 is 0 Å². The number of benzene rings is 1. The average Bonchev–Trinajstić information content (AvgIpc) is 3.33. The van der Waals surface area contributed by atoms with Crippen LogP contribution in [-0.2, 0) is 25.8 Å². The van der Waals surface area contributed by atoms with Crippen LogP contribution in [0.3, 0.4) is 0 Å². The third kappa shape index (κ3) is 3.31. The van der Waals surface area contributed by atoms with Crippen molar-refractivity contribution in [1.82, 2.24) is 14.9 Å². The standard InChI is InChI=1S/C23H21N3O3/c1-15-17-6-2-3-7-19(17)29-22(15)23(27)26-12-10-20-18(14-26)25-21(28-20)9-8-16-5-4-11-24-13-16/h2-7,11,13H,8-10,12,14H2,1H3. The third-order valence-corrected chi connectivity index (χ3v) is 5.45. The Kier molecular flexibility index (Phi) is 4.39. The first-order valence-electron chi connectivity index (χ1n) is 9.83. The molecule has 0 radical (unpaired) electrons. The topological polar surface area (TPSA) is 72.4 Å². The lowest BCUT2D eigenvalue weighted by molar-refractivity contribution is 0.0697. The fraction of sp³-hybridized carbons (Fsp3) is 0.261. The number of pyridine rings is 1. The maximum atomic E-state index is 13.1. The number of fused-ring (bicyclic) bond motifs is 2. The fourth-order valence-corrected chi connectivity index (χ4v) is 3.85. The van der Waals surface area contributed by atoms with Crippen molar-refractivity contribution in [1.29, 1.82) is 0 Å². The van der Waals surface area contributed by atoms with E-state index >= 15 is 0 Å². The summed E-state index contributed by atoms with van der Waals surface area (Å²) in [5, 5.41) is 0.979. The Labute approximate surface area is 168 Å². The van der Waals surface area contributed by atoms with E-state index in [1.54, 1.807) is 11.1 Å². The highest BCUT2D eigenvalue weighted by Gasteiger charge is 2.29. The molecule has 0 saturated heterocycles. The van der Waals surface area contributed by atoms with E-state index in [9.17, 15) is 4.79 Å². The maximum absolute atomic E-state index is 13.1. The van der Waals surface area contributed by atoms with Crippen molar-refractivity contribution in [3.05, 3.63) is 83.0 Å². The van der Waals surface area contributed by atoms with Gasteiger partial charge in [0.25, 0.3) is 5.91 Å². The first-order valence-corrected chi connectivity index (χ1v) is 9.83. The molecule has 0 unspecified atom stereocenters. The van der Waals surface area contributed by atoms with Crippen LogP contribution in [-0.4, -0.2) is 27.3 Å². The smallest absolute Gasteiger partial charge is 0.290 e. The summed E-state index contributed by atoms with van der Waals surface area (Å²) < 4.78 is 11.8. The molecule has 0 saturated carbocycles. The van der Waals surface area contributed by atoms with Gasteiger partial charge in [0.1, 0.15) is 17.0 Å². The minimum Gasteiger partial charge on any atom is -0.451 e. The Hall–Kier alpha value is -3.41. The zero-order valence-electron chi connectivity index (χ0n) is 16.2. The van der Waals surface area contributed by atoms with Crippen molar-refractivity contribution in [2.45, 2.75) is 32.7 Å². The van der Waals surface area contributed by atoms with E-state index in [4.69, 9.17) is 8.83 Å². The minimum atomic E-state index is -0.0933. The fourth-order valence-electron chi connectivity index (χ4n) is 3.85. The highest BCUT2D eigenvalue weighted by Crippen LogP contribution is 2.28. The normalized spacial score (nSPS) is 13.6. The molecule has 1 amide bonds. The van der Waals surface area contributed by atoms with Gasteiger partial charge < -0.3 is 13.7 Å². The number of rotatable bonds is 4. The molecule has 6 heteroatoms. The number of oxazole rings is 1. The van der Waals surface area contributed by atoms with Gasteiger partial charge in [0.05, 0.1) is 6.54 Å². The summed E-state index contributed by atoms with van der Waals surface area (Å²) in [7, 11) is 0. The largest absolute Gasteiger partial charge is 0.451 e. The summed E-state index contributed by atoms with van der Waals surface area (Å²) in [5.41, 5.74) is 3.62. The molecule has 0 fully saturated rings. The van der Waals surface area contributed by atoms with Crippen LogP contribution in [0, 0.1) is 6.92 Å². The van der Waals surface area contributed by atoms with Gasteiger partial charge in [0.2, 0.25) is 0 Å². The molecule has 5 rings (SSSR count). The molecule has 0 atom stereocenters. The molecule has 0 N–H and O–H groups in total. The van der Waals surface area contributed by atoms with E-state index in [2.05, 4.69) is 9.97 Å². The highest BCUT2D eigenvalue weighted by molar-refractivity contribution is 5.98. The highest BCUT2D eigenvalue weighted by atomic mass is 16.4. The van der Waals surface area contributed by atoms with Crippen LogP contribution in [0.2, 0.25) is 0 Å². The Morgan fingerprint density at radius 2 is 2.03 bits per heavy atom. The summed E-state index contributed by atoms with van der Waals surface area (Å²) in [6, 6.07) is 11.7. The van der Waals surface area contributed by atoms with Crippen LogP contribution < -0.4 is 0 Å². The van der Waals surface area contributed by atoms with Gasteiger partial charge in [0.15, 0.2) is 11.7 Å². The molecule has 146 valence electrons. The third-order valence-electron chi connectivity index (χ3n) is 5.45. The van der Waals surface area contributed by atoms with E-state index in [0.29, 0.717) is 31.2 Å². The molecule has 3 aromatic heterocycles. The number of amides is 1. The van der Waals surface area contributed by atoms with E-state index in [1.807, 2.05) is 49.5 Å². The van der Waals surface area contributed by atoms with E-state index in [1.165, 1.54) is 0 Å². The van der Waals surface area contributed by atoms with E-state index in [0.717, 1.165) is 46.4 Å². The van der Waals surface area contributed by atoms with Gasteiger partial charge in [-0.15, -0.1) is 0 Å². The van der Waals surface area contributed by atoms with Crippen molar-refractivity contribution < 1.29 is 13.6 Å². The quantitative estimate of drug-likeness (QED) is 0.527. The molecule has 6 nitrogen and oxygen atoms in total. The summed E-state index contributed by atoms with van der Waals surface area (Å²) in [6.45, 7) is 2.97. The van der Waals surface area contributed by atoms with Crippen LogP contribution in [0.5, 0.6) is 0 Å². The van der Waals surface area contributed by atoms with Gasteiger partial charge in [-0.3, -0.25) is 9.78 Å². The Bertz CT molecular complexity index is 1180. The predicted molar refractivity (Wildman–Crippen MR) is 108 cm³/mol. The van der Waals surface area contributed by atoms with Crippen molar-refractivity contribution in [3.8, 4) is 0 Å². The van der Waals surface area contributed by atoms with Crippen LogP contribution in [0.1, 0.15) is 39.0 Å². The van der Waals surface area contributed by atoms with Crippen molar-refractivity contribution >= 4 is 16.9 Å². The first kappa shape index (κ1) is 17.7. The number of para-hydroxylation sites is 1. The van der Waals surface area contributed by atoms with Gasteiger partial charge >= 0.3 is 0 Å².